The molecule has 3 rings (SSSR count). The van der Waals surface area contributed by atoms with Crippen LogP contribution in [0.3, 0.4) is 0 Å². The summed E-state index contributed by atoms with van der Waals surface area (Å²) in [6, 6.07) is 12.9. The number of nitrogens with zero attached hydrogens (tertiary/aromatic N) is 2. The molecule has 0 amide bonds. The van der Waals surface area contributed by atoms with Gasteiger partial charge in [-0.05, 0) is 36.2 Å². The first kappa shape index (κ1) is 13.6. The van der Waals surface area contributed by atoms with Crippen molar-refractivity contribution >= 4 is 11.6 Å². The summed E-state index contributed by atoms with van der Waals surface area (Å²) >= 11 is 5.88. The Bertz CT molecular complexity index is 783. The Balaban J connectivity index is 1.86. The molecule has 0 saturated heterocycles. The van der Waals surface area contributed by atoms with Gasteiger partial charge in [-0.3, -0.25) is 0 Å². The van der Waals surface area contributed by atoms with Crippen LogP contribution < -0.4 is 0 Å². The van der Waals surface area contributed by atoms with Crippen molar-refractivity contribution in [1.82, 2.24) is 10.1 Å². The van der Waals surface area contributed by atoms with Gasteiger partial charge in [0.05, 0.1) is 5.02 Å². The Morgan fingerprint density at radius 2 is 2.00 bits per heavy atom. The molecule has 0 aliphatic heterocycles. The third kappa shape index (κ3) is 2.90. The average molecular weight is 301 g/mol. The quantitative estimate of drug-likeness (QED) is 0.794. The van der Waals surface area contributed by atoms with Crippen molar-refractivity contribution in [3.05, 3.63) is 64.4 Å². The van der Waals surface area contributed by atoms with Gasteiger partial charge in [-0.2, -0.15) is 4.98 Å². The van der Waals surface area contributed by atoms with Gasteiger partial charge in [0.15, 0.2) is 5.82 Å². The van der Waals surface area contributed by atoms with Gasteiger partial charge in [0, 0.05) is 12.0 Å². The lowest BCUT2D eigenvalue weighted by molar-refractivity contribution is 0.423. The summed E-state index contributed by atoms with van der Waals surface area (Å²) in [5.41, 5.74) is 3.03. The third-order valence-electron chi connectivity index (χ3n) is 3.27. The van der Waals surface area contributed by atoms with Crippen LogP contribution in [0.1, 0.15) is 17.0 Å². The zero-order valence-electron chi connectivity index (χ0n) is 11.4. The zero-order valence-corrected chi connectivity index (χ0v) is 12.1. The molecule has 1 N–H and O–H groups in total. The van der Waals surface area contributed by atoms with Crippen molar-refractivity contribution in [1.29, 1.82) is 0 Å². The number of aromatic nitrogens is 2. The number of phenols is 1. The van der Waals surface area contributed by atoms with E-state index in [-0.39, 0.29) is 10.8 Å². The summed E-state index contributed by atoms with van der Waals surface area (Å²) < 4.78 is 5.26. The Morgan fingerprint density at radius 1 is 1.19 bits per heavy atom. The van der Waals surface area contributed by atoms with Crippen LogP contribution in [0.5, 0.6) is 5.75 Å². The minimum atomic E-state index is 0.0278. The van der Waals surface area contributed by atoms with E-state index in [1.54, 1.807) is 12.1 Å². The lowest BCUT2D eigenvalue weighted by Crippen LogP contribution is -1.93. The highest BCUT2D eigenvalue weighted by Crippen LogP contribution is 2.28. The van der Waals surface area contributed by atoms with E-state index in [2.05, 4.69) is 23.1 Å². The normalized spacial score (nSPS) is 10.8. The SMILES string of the molecule is Cc1ccccc1Cc1noc(-c2ccc(O)c(Cl)c2)n1. The Hall–Kier alpha value is -2.33. The topological polar surface area (TPSA) is 59.2 Å². The first-order valence-corrected chi connectivity index (χ1v) is 6.87. The van der Waals surface area contributed by atoms with Crippen molar-refractivity contribution in [2.75, 3.05) is 0 Å². The highest BCUT2D eigenvalue weighted by atomic mass is 35.5. The third-order valence-corrected chi connectivity index (χ3v) is 3.58. The van der Waals surface area contributed by atoms with E-state index in [0.717, 1.165) is 5.56 Å². The maximum absolute atomic E-state index is 9.42. The molecule has 0 saturated carbocycles. The van der Waals surface area contributed by atoms with Crippen LogP contribution in [-0.4, -0.2) is 15.2 Å². The average Bonchev–Trinajstić information content (AvgIpc) is 2.93. The first-order chi connectivity index (χ1) is 10.1. The number of aromatic hydroxyl groups is 1. The van der Waals surface area contributed by atoms with E-state index in [0.29, 0.717) is 23.7 Å². The number of hydrogen-bond acceptors (Lipinski definition) is 4. The van der Waals surface area contributed by atoms with Crippen LogP contribution >= 0.6 is 11.6 Å². The highest BCUT2D eigenvalue weighted by Gasteiger charge is 2.11. The number of rotatable bonds is 3. The first-order valence-electron chi connectivity index (χ1n) is 6.49. The maximum Gasteiger partial charge on any atom is 0.257 e. The van der Waals surface area contributed by atoms with Crippen LogP contribution in [0.4, 0.5) is 0 Å². The van der Waals surface area contributed by atoms with Gasteiger partial charge in [0.2, 0.25) is 0 Å². The second kappa shape index (κ2) is 5.58. The fourth-order valence-corrected chi connectivity index (χ4v) is 2.24. The smallest absolute Gasteiger partial charge is 0.257 e. The fraction of sp³-hybridized carbons (Fsp3) is 0.125. The molecule has 0 aliphatic carbocycles. The van der Waals surface area contributed by atoms with Gasteiger partial charge >= 0.3 is 0 Å². The maximum atomic E-state index is 9.42. The summed E-state index contributed by atoms with van der Waals surface area (Å²) in [5, 5.41) is 13.7. The molecular formula is C16H13ClN2O2. The molecule has 0 spiro atoms. The van der Waals surface area contributed by atoms with Gasteiger partial charge < -0.3 is 9.63 Å². The molecule has 0 fully saturated rings. The molecule has 5 heteroatoms. The molecule has 4 nitrogen and oxygen atoms in total. The molecule has 2 aromatic carbocycles. The monoisotopic (exact) mass is 300 g/mol. The summed E-state index contributed by atoms with van der Waals surface area (Å²) in [6.45, 7) is 2.05. The number of halogens is 1. The van der Waals surface area contributed by atoms with Crippen LogP contribution in [0.15, 0.2) is 47.0 Å². The van der Waals surface area contributed by atoms with Gasteiger partial charge in [-0.25, -0.2) is 0 Å². The number of aryl methyl sites for hydroxylation is 1. The van der Waals surface area contributed by atoms with Crippen molar-refractivity contribution in [2.24, 2.45) is 0 Å². The minimum absolute atomic E-state index is 0.0278. The van der Waals surface area contributed by atoms with Gasteiger partial charge in [-0.15, -0.1) is 0 Å². The van der Waals surface area contributed by atoms with Crippen molar-refractivity contribution < 1.29 is 9.63 Å². The minimum Gasteiger partial charge on any atom is -0.506 e. The largest absolute Gasteiger partial charge is 0.506 e. The highest BCUT2D eigenvalue weighted by molar-refractivity contribution is 6.32. The Kier molecular flexibility index (Phi) is 3.62. The molecule has 1 heterocycles. The molecule has 0 radical (unpaired) electrons. The molecule has 1 aromatic heterocycles. The second-order valence-corrected chi connectivity index (χ2v) is 5.19. The van der Waals surface area contributed by atoms with E-state index in [9.17, 15) is 5.11 Å². The number of phenolic OH excluding ortho intramolecular Hbond substituents is 1. The van der Waals surface area contributed by atoms with Crippen molar-refractivity contribution in [3.8, 4) is 17.2 Å². The molecular weight excluding hydrogens is 288 g/mol. The van der Waals surface area contributed by atoms with Crippen LogP contribution in [0.25, 0.3) is 11.5 Å². The lowest BCUT2D eigenvalue weighted by Gasteiger charge is -2.01. The van der Waals surface area contributed by atoms with E-state index in [1.807, 2.05) is 18.2 Å². The van der Waals surface area contributed by atoms with E-state index < -0.39 is 0 Å². The molecule has 0 aliphatic rings. The summed E-state index contributed by atoms with van der Waals surface area (Å²) in [6.07, 6.45) is 0.613. The molecule has 0 unspecified atom stereocenters. The lowest BCUT2D eigenvalue weighted by atomic mass is 10.1. The van der Waals surface area contributed by atoms with E-state index in [4.69, 9.17) is 16.1 Å². The Labute approximate surface area is 127 Å². The number of benzene rings is 2. The van der Waals surface area contributed by atoms with Crippen LogP contribution in [0.2, 0.25) is 5.02 Å². The fourth-order valence-electron chi connectivity index (χ4n) is 2.06. The molecule has 21 heavy (non-hydrogen) atoms. The molecule has 0 atom stereocenters. The number of hydrogen-bond donors (Lipinski definition) is 1. The van der Waals surface area contributed by atoms with E-state index in [1.165, 1.54) is 11.6 Å². The van der Waals surface area contributed by atoms with Crippen molar-refractivity contribution in [2.45, 2.75) is 13.3 Å². The standard InChI is InChI=1S/C16H13ClN2O2/c1-10-4-2-3-5-11(10)9-15-18-16(21-19-15)12-6-7-14(20)13(17)8-12/h2-8,20H,9H2,1H3. The summed E-state index contributed by atoms with van der Waals surface area (Å²) in [4.78, 5) is 4.37. The molecule has 106 valence electrons. The van der Waals surface area contributed by atoms with Crippen LogP contribution in [-0.2, 0) is 6.42 Å². The molecule has 0 bridgehead atoms. The Morgan fingerprint density at radius 3 is 2.76 bits per heavy atom. The second-order valence-electron chi connectivity index (χ2n) is 4.79. The van der Waals surface area contributed by atoms with E-state index >= 15 is 0 Å². The summed E-state index contributed by atoms with van der Waals surface area (Å²) in [7, 11) is 0. The van der Waals surface area contributed by atoms with Gasteiger partial charge in [0.1, 0.15) is 5.75 Å². The van der Waals surface area contributed by atoms with Gasteiger partial charge in [-0.1, -0.05) is 41.0 Å². The predicted molar refractivity (Wildman–Crippen MR) is 80.4 cm³/mol. The predicted octanol–water partition coefficient (Wildman–Crippen LogP) is 3.99. The summed E-state index contributed by atoms with van der Waals surface area (Å²) in [5.74, 6) is 1.03. The molecule has 3 aromatic rings. The van der Waals surface area contributed by atoms with Gasteiger partial charge in [0.25, 0.3) is 5.89 Å². The van der Waals surface area contributed by atoms with Crippen LogP contribution in [0, 0.1) is 6.92 Å². The van der Waals surface area contributed by atoms with Crippen molar-refractivity contribution in [3.63, 3.8) is 0 Å². The zero-order chi connectivity index (χ0) is 14.8.